The number of ether oxygens (including phenoxy) is 1. The molecular formula is C32H32F3N3O4S. The van der Waals surface area contributed by atoms with E-state index in [-0.39, 0.29) is 48.1 Å². The number of fused-ring (bicyclic) bond motifs is 3. The lowest BCUT2D eigenvalue weighted by atomic mass is 9.90. The first-order valence-corrected chi connectivity index (χ1v) is 16.0. The number of halogens is 3. The van der Waals surface area contributed by atoms with Crippen LogP contribution in [0, 0.1) is 5.92 Å². The van der Waals surface area contributed by atoms with Crippen LogP contribution >= 0.6 is 0 Å². The first-order chi connectivity index (χ1) is 20.5. The monoisotopic (exact) mass is 611 g/mol. The van der Waals surface area contributed by atoms with E-state index >= 15 is 0 Å². The van der Waals surface area contributed by atoms with Crippen LogP contribution in [0.15, 0.2) is 77.7 Å². The molecule has 4 aliphatic rings. The van der Waals surface area contributed by atoms with Crippen LogP contribution in [-0.4, -0.2) is 62.0 Å². The summed E-state index contributed by atoms with van der Waals surface area (Å²) < 4.78 is 72.9. The maximum absolute atomic E-state index is 13.3. The molecule has 1 amide bonds. The van der Waals surface area contributed by atoms with Crippen molar-refractivity contribution in [3.63, 3.8) is 0 Å². The number of amides is 1. The van der Waals surface area contributed by atoms with E-state index in [0.29, 0.717) is 31.6 Å². The molecule has 7 rings (SSSR count). The van der Waals surface area contributed by atoms with Gasteiger partial charge in [-0.25, -0.2) is 13.2 Å². The molecule has 2 aliphatic carbocycles. The summed E-state index contributed by atoms with van der Waals surface area (Å²) in [6.45, 7) is 4.29. The number of benzene rings is 3. The van der Waals surface area contributed by atoms with E-state index in [9.17, 15) is 26.4 Å². The van der Waals surface area contributed by atoms with Crippen molar-refractivity contribution in [1.29, 1.82) is 0 Å². The van der Waals surface area contributed by atoms with Gasteiger partial charge in [0.05, 0.1) is 16.0 Å². The number of likely N-dealkylation sites (tertiary alicyclic amines) is 1. The maximum atomic E-state index is 13.3. The van der Waals surface area contributed by atoms with Gasteiger partial charge >= 0.3 is 12.3 Å². The Balaban J connectivity index is 1.04. The Morgan fingerprint density at radius 2 is 1.67 bits per heavy atom. The minimum Gasteiger partial charge on any atom is -0.445 e. The third-order valence-electron chi connectivity index (χ3n) is 9.89. The number of carbonyl (C=O) groups is 1. The van der Waals surface area contributed by atoms with Gasteiger partial charge in [0, 0.05) is 50.2 Å². The lowest BCUT2D eigenvalue weighted by Crippen LogP contribution is -2.48. The quantitative estimate of drug-likeness (QED) is 0.363. The number of hydrogen-bond acceptors (Lipinski definition) is 5. The molecule has 7 nitrogen and oxygen atoms in total. The molecule has 3 aromatic carbocycles. The van der Waals surface area contributed by atoms with E-state index in [4.69, 9.17) is 4.74 Å². The first-order valence-electron chi connectivity index (χ1n) is 14.6. The number of rotatable bonds is 5. The molecular weight excluding hydrogens is 579 g/mol. The lowest BCUT2D eigenvalue weighted by Gasteiger charge is -2.35. The third-order valence-corrected chi connectivity index (χ3v) is 11.8. The highest BCUT2D eigenvalue weighted by atomic mass is 32.2. The van der Waals surface area contributed by atoms with Crippen molar-refractivity contribution >= 4 is 21.8 Å². The molecule has 3 aromatic rings. The van der Waals surface area contributed by atoms with Crippen molar-refractivity contribution in [2.24, 2.45) is 5.92 Å². The number of nitrogens with zero attached hydrogens (tertiary/aromatic N) is 3. The molecule has 1 saturated carbocycles. The zero-order chi connectivity index (χ0) is 30.1. The Labute approximate surface area is 248 Å². The predicted octanol–water partition coefficient (Wildman–Crippen LogP) is 5.83. The van der Waals surface area contributed by atoms with Gasteiger partial charge in [-0.15, -0.1) is 0 Å². The highest BCUT2D eigenvalue weighted by molar-refractivity contribution is 7.89. The van der Waals surface area contributed by atoms with Gasteiger partial charge < -0.3 is 14.5 Å². The van der Waals surface area contributed by atoms with Crippen LogP contribution in [0.2, 0.25) is 0 Å². The molecule has 1 spiro atoms. The summed E-state index contributed by atoms with van der Waals surface area (Å²) in [5, 5.41) is 0. The number of anilines is 1. The van der Waals surface area contributed by atoms with E-state index in [0.717, 1.165) is 29.8 Å². The van der Waals surface area contributed by atoms with Gasteiger partial charge in [0.25, 0.3) is 0 Å². The molecule has 0 N–H and O–H groups in total. The van der Waals surface area contributed by atoms with Crippen LogP contribution < -0.4 is 4.90 Å². The van der Waals surface area contributed by atoms with E-state index in [1.807, 2.05) is 35.2 Å². The van der Waals surface area contributed by atoms with Gasteiger partial charge in [0.1, 0.15) is 6.61 Å². The van der Waals surface area contributed by atoms with Crippen LogP contribution in [0.25, 0.3) is 0 Å². The van der Waals surface area contributed by atoms with E-state index in [1.54, 1.807) is 0 Å². The van der Waals surface area contributed by atoms with Crippen LogP contribution in [0.5, 0.6) is 0 Å². The van der Waals surface area contributed by atoms with E-state index in [1.165, 1.54) is 21.5 Å². The van der Waals surface area contributed by atoms with Crippen LogP contribution in [0.1, 0.15) is 47.4 Å². The summed E-state index contributed by atoms with van der Waals surface area (Å²) in [7, 11) is -4.06. The molecule has 0 aromatic heterocycles. The Bertz CT molecular complexity index is 1670. The fourth-order valence-electron chi connectivity index (χ4n) is 7.87. The van der Waals surface area contributed by atoms with Crippen LogP contribution in [0.4, 0.5) is 23.7 Å². The normalized spacial score (nSPS) is 26.6. The molecule has 2 saturated heterocycles. The Kier molecular flexibility index (Phi) is 6.55. The van der Waals surface area contributed by atoms with Crippen LogP contribution in [-0.2, 0) is 27.5 Å². The smallest absolute Gasteiger partial charge is 0.416 e. The van der Waals surface area contributed by atoms with E-state index in [2.05, 4.69) is 30.0 Å². The van der Waals surface area contributed by atoms with Gasteiger partial charge in [-0.2, -0.15) is 17.5 Å². The zero-order valence-electron chi connectivity index (χ0n) is 23.6. The molecule has 3 fully saturated rings. The van der Waals surface area contributed by atoms with Gasteiger partial charge in [-0.05, 0) is 59.4 Å². The fraction of sp³-hybridized carbons (Fsp3) is 0.406. The highest BCUT2D eigenvalue weighted by Crippen LogP contribution is 2.75. The summed E-state index contributed by atoms with van der Waals surface area (Å²) in [5.41, 5.74) is 3.22. The number of sulfonamides is 1. The van der Waals surface area contributed by atoms with Crippen LogP contribution in [0.3, 0.4) is 0 Å². The predicted molar refractivity (Wildman–Crippen MR) is 154 cm³/mol. The van der Waals surface area contributed by atoms with Crippen molar-refractivity contribution < 1.29 is 31.1 Å². The average Bonchev–Trinajstić information content (AvgIpc) is 3.28. The Morgan fingerprint density at radius 1 is 0.930 bits per heavy atom. The number of alkyl halides is 3. The van der Waals surface area contributed by atoms with Gasteiger partial charge in [-0.3, -0.25) is 0 Å². The molecule has 4 atom stereocenters. The maximum Gasteiger partial charge on any atom is 0.416 e. The second-order valence-corrected chi connectivity index (χ2v) is 13.9. The Hall–Kier alpha value is -3.57. The SMILES string of the molecule is C[C@@H]1C2c3cc(N4CCN(S(=O)(=O)c5cccc(C(F)(F)F)c5)CC4)ccc3C3CCN(C(=O)OCc4ccccc4)C321. The molecule has 43 heavy (non-hydrogen) atoms. The topological polar surface area (TPSA) is 70.2 Å². The fourth-order valence-corrected chi connectivity index (χ4v) is 9.34. The van der Waals surface area contributed by atoms with Crippen molar-refractivity contribution in [2.75, 3.05) is 37.6 Å². The summed E-state index contributed by atoms with van der Waals surface area (Å²) in [4.78, 5) is 17.0. The molecule has 0 radical (unpaired) electrons. The first kappa shape index (κ1) is 28.2. The molecule has 2 aliphatic heterocycles. The summed E-state index contributed by atoms with van der Waals surface area (Å²) in [5.74, 6) is 0.790. The Morgan fingerprint density at radius 3 is 2.40 bits per heavy atom. The lowest BCUT2D eigenvalue weighted by molar-refractivity contribution is -0.137. The van der Waals surface area contributed by atoms with Crippen molar-refractivity contribution in [1.82, 2.24) is 9.21 Å². The van der Waals surface area contributed by atoms with Gasteiger partial charge in [0.15, 0.2) is 0 Å². The highest BCUT2D eigenvalue weighted by Gasteiger charge is 2.77. The second kappa shape index (κ2) is 9.99. The summed E-state index contributed by atoms with van der Waals surface area (Å²) >= 11 is 0. The zero-order valence-corrected chi connectivity index (χ0v) is 24.4. The van der Waals surface area contributed by atoms with E-state index < -0.39 is 21.8 Å². The third kappa shape index (κ3) is 4.42. The number of piperazine rings is 1. The van der Waals surface area contributed by atoms with Crippen molar-refractivity contribution in [2.45, 2.75) is 48.4 Å². The molecule has 3 unspecified atom stereocenters. The minimum atomic E-state index is -4.62. The molecule has 226 valence electrons. The van der Waals surface area contributed by atoms with Crippen molar-refractivity contribution in [3.8, 4) is 0 Å². The van der Waals surface area contributed by atoms with Crippen molar-refractivity contribution in [3.05, 3.63) is 95.1 Å². The molecule has 0 bridgehead atoms. The summed E-state index contributed by atoms with van der Waals surface area (Å²) in [6, 6.07) is 20.0. The van der Waals surface area contributed by atoms with Gasteiger partial charge in [-0.1, -0.05) is 49.4 Å². The summed E-state index contributed by atoms with van der Waals surface area (Å²) in [6.07, 6.45) is -4.00. The number of hydrogen-bond donors (Lipinski definition) is 0. The second-order valence-electron chi connectivity index (χ2n) is 11.9. The molecule has 11 heteroatoms. The minimum absolute atomic E-state index is 0.170. The number of carbonyl (C=O) groups excluding carboxylic acids is 1. The standard InChI is InChI=1S/C32H32F3N3O4S/c1-21-29-27-19-24(36-14-16-37(17-15-36)43(40,41)25-9-5-8-23(18-25)32(33,34)35)10-11-26(27)28-12-13-38(31(21,28)29)30(39)42-20-22-6-3-2-4-7-22/h2-11,18-19,21,28-29H,12-17,20H2,1H3/t21-,28?,29?,31?/m1/s1. The largest absolute Gasteiger partial charge is 0.445 e. The van der Waals surface area contributed by atoms with Gasteiger partial charge in [0.2, 0.25) is 10.0 Å². The average molecular weight is 612 g/mol. The molecule has 2 heterocycles.